The molecular weight excluding hydrogens is 246 g/mol. The van der Waals surface area contributed by atoms with Crippen molar-refractivity contribution in [1.82, 2.24) is 14.7 Å². The highest BCUT2D eigenvalue weighted by Crippen LogP contribution is 2.26. The molecule has 0 amide bonds. The lowest BCUT2D eigenvalue weighted by atomic mass is 10.3. The molecule has 0 bridgehead atoms. The van der Waals surface area contributed by atoms with Crippen LogP contribution in [0.4, 0.5) is 11.5 Å². The van der Waals surface area contributed by atoms with Gasteiger partial charge in [-0.15, -0.1) is 0 Å². The summed E-state index contributed by atoms with van der Waals surface area (Å²) in [5.41, 5.74) is 0.518. The fraction of sp³-hybridized carbons (Fsp3) is 0.750. The summed E-state index contributed by atoms with van der Waals surface area (Å²) >= 11 is 0. The molecule has 7 nitrogen and oxygen atoms in total. The van der Waals surface area contributed by atoms with Crippen LogP contribution in [0.1, 0.15) is 26.0 Å². The summed E-state index contributed by atoms with van der Waals surface area (Å²) in [6, 6.07) is 0. The molecule has 0 aromatic carbocycles. The summed E-state index contributed by atoms with van der Waals surface area (Å²) in [6.45, 7) is 9.67. The number of rotatable bonds is 8. The SMILES string of the molecule is CCN(CC)CCCNc1c([N+](=O)[O-])c(C)nn1C. The van der Waals surface area contributed by atoms with Gasteiger partial charge in [0.05, 0.1) is 4.92 Å². The first-order chi connectivity index (χ1) is 9.01. The van der Waals surface area contributed by atoms with Crippen LogP contribution in [0.3, 0.4) is 0 Å². The standard InChI is InChI=1S/C12H23N5O2/c1-5-16(6-2)9-7-8-13-12-11(17(18)19)10(3)14-15(12)4/h13H,5-9H2,1-4H3. The van der Waals surface area contributed by atoms with E-state index < -0.39 is 0 Å². The molecule has 1 heterocycles. The second-order valence-electron chi connectivity index (χ2n) is 4.47. The molecule has 19 heavy (non-hydrogen) atoms. The van der Waals surface area contributed by atoms with Crippen molar-refractivity contribution in [1.29, 1.82) is 0 Å². The van der Waals surface area contributed by atoms with Gasteiger partial charge in [-0.1, -0.05) is 13.8 Å². The minimum atomic E-state index is -0.380. The largest absolute Gasteiger partial charge is 0.364 e. The van der Waals surface area contributed by atoms with Crippen molar-refractivity contribution in [3.8, 4) is 0 Å². The minimum absolute atomic E-state index is 0.0744. The molecule has 0 fully saturated rings. The Morgan fingerprint density at radius 2 is 2.05 bits per heavy atom. The lowest BCUT2D eigenvalue weighted by Crippen LogP contribution is -2.25. The van der Waals surface area contributed by atoms with Gasteiger partial charge in [0.2, 0.25) is 5.82 Å². The maximum atomic E-state index is 11.0. The van der Waals surface area contributed by atoms with E-state index >= 15 is 0 Å². The van der Waals surface area contributed by atoms with Crippen LogP contribution in [-0.4, -0.2) is 45.8 Å². The molecule has 1 aromatic rings. The zero-order valence-electron chi connectivity index (χ0n) is 12.1. The van der Waals surface area contributed by atoms with E-state index in [0.717, 1.165) is 26.1 Å². The van der Waals surface area contributed by atoms with E-state index in [4.69, 9.17) is 0 Å². The second kappa shape index (κ2) is 7.08. The maximum absolute atomic E-state index is 11.0. The Labute approximate surface area is 113 Å². The highest BCUT2D eigenvalue weighted by molar-refractivity contribution is 5.59. The zero-order valence-corrected chi connectivity index (χ0v) is 12.1. The van der Waals surface area contributed by atoms with Gasteiger partial charge in [0.15, 0.2) is 0 Å². The molecule has 0 unspecified atom stereocenters. The average Bonchev–Trinajstić information content (AvgIpc) is 2.64. The number of hydrogen-bond donors (Lipinski definition) is 1. The smallest absolute Gasteiger partial charge is 0.333 e. The first kappa shape index (κ1) is 15.4. The van der Waals surface area contributed by atoms with Crippen molar-refractivity contribution >= 4 is 11.5 Å². The van der Waals surface area contributed by atoms with Gasteiger partial charge in [-0.2, -0.15) is 5.10 Å². The van der Waals surface area contributed by atoms with E-state index in [2.05, 4.69) is 29.2 Å². The Balaban J connectivity index is 2.56. The van der Waals surface area contributed by atoms with Crippen LogP contribution >= 0.6 is 0 Å². The molecule has 0 spiro atoms. The van der Waals surface area contributed by atoms with Gasteiger partial charge in [-0.3, -0.25) is 10.1 Å². The van der Waals surface area contributed by atoms with Crippen molar-refractivity contribution in [2.75, 3.05) is 31.5 Å². The molecule has 0 atom stereocenters. The number of hydrogen-bond acceptors (Lipinski definition) is 5. The third-order valence-electron chi connectivity index (χ3n) is 3.21. The summed E-state index contributed by atoms with van der Waals surface area (Å²) in [5, 5.41) is 18.2. The van der Waals surface area contributed by atoms with Gasteiger partial charge < -0.3 is 10.2 Å². The average molecular weight is 269 g/mol. The minimum Gasteiger partial charge on any atom is -0.364 e. The van der Waals surface area contributed by atoms with Crippen LogP contribution in [-0.2, 0) is 7.05 Å². The van der Waals surface area contributed by atoms with E-state index in [-0.39, 0.29) is 10.6 Å². The molecule has 1 rings (SSSR count). The van der Waals surface area contributed by atoms with Crippen LogP contribution in [0.5, 0.6) is 0 Å². The van der Waals surface area contributed by atoms with Crippen LogP contribution < -0.4 is 5.32 Å². The molecule has 0 aliphatic heterocycles. The fourth-order valence-corrected chi connectivity index (χ4v) is 2.11. The molecule has 0 saturated heterocycles. The first-order valence-electron chi connectivity index (χ1n) is 6.65. The lowest BCUT2D eigenvalue weighted by Gasteiger charge is -2.17. The van der Waals surface area contributed by atoms with Crippen molar-refractivity contribution in [3.05, 3.63) is 15.8 Å². The number of aryl methyl sites for hydroxylation is 2. The quantitative estimate of drug-likeness (QED) is 0.442. The number of nitrogens with zero attached hydrogens (tertiary/aromatic N) is 4. The summed E-state index contributed by atoms with van der Waals surface area (Å²) in [5.74, 6) is 0.488. The Morgan fingerprint density at radius 3 is 2.58 bits per heavy atom. The van der Waals surface area contributed by atoms with Crippen LogP contribution in [0.25, 0.3) is 0 Å². The predicted octanol–water partition coefficient (Wildman–Crippen LogP) is 1.78. The zero-order chi connectivity index (χ0) is 14.4. The third kappa shape index (κ3) is 3.92. The van der Waals surface area contributed by atoms with E-state index in [1.165, 1.54) is 4.68 Å². The molecule has 0 aliphatic rings. The molecule has 108 valence electrons. The summed E-state index contributed by atoms with van der Waals surface area (Å²) < 4.78 is 1.53. The Hall–Kier alpha value is -1.63. The Bertz CT molecular complexity index is 426. The highest BCUT2D eigenvalue weighted by atomic mass is 16.6. The van der Waals surface area contributed by atoms with Crippen LogP contribution in [0, 0.1) is 17.0 Å². The Morgan fingerprint density at radius 1 is 1.42 bits per heavy atom. The van der Waals surface area contributed by atoms with Crippen molar-refractivity contribution in [2.24, 2.45) is 7.05 Å². The molecule has 0 aliphatic carbocycles. The van der Waals surface area contributed by atoms with Crippen LogP contribution in [0.2, 0.25) is 0 Å². The second-order valence-corrected chi connectivity index (χ2v) is 4.47. The summed E-state index contributed by atoms with van der Waals surface area (Å²) in [4.78, 5) is 12.9. The molecule has 1 N–H and O–H groups in total. The number of nitrogens with one attached hydrogen (secondary N) is 1. The van der Waals surface area contributed by atoms with E-state index in [1.807, 2.05) is 0 Å². The maximum Gasteiger partial charge on any atom is 0.333 e. The summed E-state index contributed by atoms with van der Waals surface area (Å²) in [7, 11) is 1.72. The first-order valence-corrected chi connectivity index (χ1v) is 6.65. The van der Waals surface area contributed by atoms with E-state index in [0.29, 0.717) is 18.1 Å². The van der Waals surface area contributed by atoms with E-state index in [9.17, 15) is 10.1 Å². The molecule has 1 aromatic heterocycles. The van der Waals surface area contributed by atoms with Gasteiger partial charge in [0.1, 0.15) is 5.69 Å². The monoisotopic (exact) mass is 269 g/mol. The highest BCUT2D eigenvalue weighted by Gasteiger charge is 2.23. The topological polar surface area (TPSA) is 76.2 Å². The molecule has 0 radical (unpaired) electrons. The van der Waals surface area contributed by atoms with Gasteiger partial charge in [0, 0.05) is 13.6 Å². The van der Waals surface area contributed by atoms with Gasteiger partial charge in [-0.05, 0) is 33.0 Å². The lowest BCUT2D eigenvalue weighted by molar-refractivity contribution is -0.384. The van der Waals surface area contributed by atoms with Gasteiger partial charge in [-0.25, -0.2) is 4.68 Å². The molecular formula is C12H23N5O2. The third-order valence-corrected chi connectivity index (χ3v) is 3.21. The van der Waals surface area contributed by atoms with Gasteiger partial charge >= 0.3 is 5.69 Å². The predicted molar refractivity (Wildman–Crippen MR) is 75.5 cm³/mol. The normalized spacial score (nSPS) is 11.0. The van der Waals surface area contributed by atoms with Crippen molar-refractivity contribution in [3.63, 3.8) is 0 Å². The molecule has 0 saturated carbocycles. The number of aromatic nitrogens is 2. The fourth-order valence-electron chi connectivity index (χ4n) is 2.11. The van der Waals surface area contributed by atoms with Crippen molar-refractivity contribution < 1.29 is 4.92 Å². The van der Waals surface area contributed by atoms with E-state index in [1.54, 1.807) is 14.0 Å². The summed E-state index contributed by atoms with van der Waals surface area (Å²) in [6.07, 6.45) is 0.947. The van der Waals surface area contributed by atoms with Gasteiger partial charge in [0.25, 0.3) is 0 Å². The molecule has 7 heteroatoms. The Kier molecular flexibility index (Phi) is 5.75. The van der Waals surface area contributed by atoms with Crippen molar-refractivity contribution in [2.45, 2.75) is 27.2 Å². The number of nitro groups is 1. The van der Waals surface area contributed by atoms with Crippen LogP contribution in [0.15, 0.2) is 0 Å². The number of anilines is 1.